The molecule has 0 spiro atoms. The molecule has 4 aromatic rings. The molecule has 0 saturated carbocycles. The second-order valence-corrected chi connectivity index (χ2v) is 10.4. The third kappa shape index (κ3) is 5.60. The number of anilines is 1. The molecule has 1 saturated heterocycles. The van der Waals surface area contributed by atoms with Crippen LogP contribution in [0.5, 0.6) is 0 Å². The first-order valence-electron chi connectivity index (χ1n) is 12.1. The summed E-state index contributed by atoms with van der Waals surface area (Å²) in [6.07, 6.45) is 2.05. The van der Waals surface area contributed by atoms with Crippen LogP contribution in [0.4, 0.5) is 5.69 Å². The number of furan rings is 1. The maximum absolute atomic E-state index is 12.8. The molecular weight excluding hydrogens is 548 g/mol. The van der Waals surface area contributed by atoms with E-state index in [0.717, 1.165) is 44.1 Å². The molecule has 6 nitrogen and oxygen atoms in total. The summed E-state index contributed by atoms with van der Waals surface area (Å²) in [4.78, 5) is 19.4. The third-order valence-corrected chi connectivity index (χ3v) is 7.40. The van der Waals surface area contributed by atoms with Crippen molar-refractivity contribution in [1.82, 2.24) is 15.2 Å². The zero-order chi connectivity index (χ0) is 25.9. The fourth-order valence-electron chi connectivity index (χ4n) is 4.60. The lowest BCUT2D eigenvalue weighted by Crippen LogP contribution is -2.32. The van der Waals surface area contributed by atoms with E-state index in [1.54, 1.807) is 6.20 Å². The summed E-state index contributed by atoms with van der Waals surface area (Å²) in [5, 5.41) is 6.96. The van der Waals surface area contributed by atoms with E-state index in [4.69, 9.17) is 16.6 Å². The number of carbonyl (C=O) groups excluding carboxylic acids is 1. The van der Waals surface area contributed by atoms with Crippen molar-refractivity contribution in [3.8, 4) is 11.3 Å². The normalized spacial score (nSPS) is 17.1. The predicted octanol–water partition coefficient (Wildman–Crippen LogP) is 6.72. The van der Waals surface area contributed by atoms with E-state index < -0.39 is 0 Å². The lowest BCUT2D eigenvalue weighted by Gasteiger charge is -2.25. The van der Waals surface area contributed by atoms with Crippen LogP contribution in [-0.2, 0) is 4.79 Å². The molecule has 2 aromatic carbocycles. The van der Waals surface area contributed by atoms with Crippen LogP contribution < -0.4 is 10.6 Å². The minimum absolute atomic E-state index is 0.0721. The Labute approximate surface area is 230 Å². The number of aryl methyl sites for hydroxylation is 2. The smallest absolute Gasteiger partial charge is 0.226 e. The summed E-state index contributed by atoms with van der Waals surface area (Å²) in [6, 6.07) is 23.3. The molecule has 188 valence electrons. The molecule has 0 radical (unpaired) electrons. The topological polar surface area (TPSA) is 70.4 Å². The molecule has 3 heterocycles. The summed E-state index contributed by atoms with van der Waals surface area (Å²) in [5.74, 6) is 1.44. The highest BCUT2D eigenvalue weighted by molar-refractivity contribution is 9.10. The number of nitrogens with zero attached hydrogens (tertiary/aromatic N) is 2. The van der Waals surface area contributed by atoms with Crippen molar-refractivity contribution in [2.24, 2.45) is 0 Å². The van der Waals surface area contributed by atoms with Gasteiger partial charge in [-0.2, -0.15) is 0 Å². The van der Waals surface area contributed by atoms with E-state index in [0.29, 0.717) is 11.7 Å². The number of pyridine rings is 1. The zero-order valence-corrected chi connectivity index (χ0v) is 23.0. The number of hydrogen-bond donors (Lipinski definition) is 2. The Bertz CT molecular complexity index is 1440. The zero-order valence-electron chi connectivity index (χ0n) is 20.6. The number of hydrogen-bond acceptors (Lipinski definition) is 4. The second kappa shape index (κ2) is 10.9. The lowest BCUT2D eigenvalue weighted by molar-refractivity contribution is -0.116. The summed E-state index contributed by atoms with van der Waals surface area (Å²) in [7, 11) is 0. The van der Waals surface area contributed by atoms with Crippen LogP contribution in [0, 0.1) is 13.8 Å². The minimum atomic E-state index is -0.257. The maximum Gasteiger partial charge on any atom is 0.226 e. The van der Waals surface area contributed by atoms with Crippen LogP contribution in [0.1, 0.15) is 41.1 Å². The molecule has 0 unspecified atom stereocenters. The van der Waals surface area contributed by atoms with Crippen molar-refractivity contribution >= 4 is 44.9 Å². The average Bonchev–Trinajstić information content (AvgIpc) is 3.47. The molecule has 0 aliphatic carbocycles. The summed E-state index contributed by atoms with van der Waals surface area (Å²) in [5.41, 5.74) is 4.88. The number of benzene rings is 2. The van der Waals surface area contributed by atoms with Gasteiger partial charge in [0.25, 0.3) is 0 Å². The van der Waals surface area contributed by atoms with E-state index in [-0.39, 0.29) is 24.4 Å². The van der Waals surface area contributed by atoms with E-state index in [1.807, 2.05) is 72.5 Å². The Hall–Kier alpha value is -3.49. The van der Waals surface area contributed by atoms with Crippen LogP contribution in [0.25, 0.3) is 11.3 Å². The lowest BCUT2D eigenvalue weighted by atomic mass is 10.0. The van der Waals surface area contributed by atoms with Gasteiger partial charge in [0.15, 0.2) is 5.11 Å². The van der Waals surface area contributed by atoms with Crippen LogP contribution in [0.3, 0.4) is 0 Å². The molecule has 1 amide bonds. The first kappa shape index (κ1) is 25.2. The molecule has 37 heavy (non-hydrogen) atoms. The number of carbonyl (C=O) groups is 1. The Kier molecular flexibility index (Phi) is 7.39. The van der Waals surface area contributed by atoms with Gasteiger partial charge in [-0.1, -0.05) is 40.2 Å². The molecule has 8 heteroatoms. The Morgan fingerprint density at radius 3 is 2.68 bits per heavy atom. The molecule has 1 fully saturated rings. The van der Waals surface area contributed by atoms with E-state index in [1.165, 1.54) is 0 Å². The van der Waals surface area contributed by atoms with Gasteiger partial charge in [-0.05, 0) is 85.7 Å². The molecule has 2 atom stereocenters. The highest BCUT2D eigenvalue weighted by Gasteiger charge is 2.41. The molecular formula is C29H27BrN4O2S. The van der Waals surface area contributed by atoms with Crippen LogP contribution in [-0.4, -0.2) is 27.4 Å². The first-order chi connectivity index (χ1) is 17.9. The molecule has 1 aliphatic heterocycles. The first-order valence-corrected chi connectivity index (χ1v) is 13.3. The Balaban J connectivity index is 1.41. The van der Waals surface area contributed by atoms with Gasteiger partial charge in [0.05, 0.1) is 11.7 Å². The largest absolute Gasteiger partial charge is 0.459 e. The highest BCUT2D eigenvalue weighted by atomic mass is 79.9. The molecule has 1 aliphatic rings. The number of nitrogens with one attached hydrogen (secondary N) is 2. The van der Waals surface area contributed by atoms with Gasteiger partial charge in [0.2, 0.25) is 5.91 Å². The summed E-state index contributed by atoms with van der Waals surface area (Å²) >= 11 is 9.40. The van der Waals surface area contributed by atoms with Gasteiger partial charge in [-0.3, -0.25) is 9.78 Å². The van der Waals surface area contributed by atoms with Crippen molar-refractivity contribution in [3.63, 3.8) is 0 Å². The van der Waals surface area contributed by atoms with Crippen molar-refractivity contribution < 1.29 is 9.21 Å². The van der Waals surface area contributed by atoms with E-state index in [9.17, 15) is 4.79 Å². The van der Waals surface area contributed by atoms with Crippen molar-refractivity contribution in [3.05, 3.63) is 106 Å². The van der Waals surface area contributed by atoms with Crippen molar-refractivity contribution in [1.29, 1.82) is 0 Å². The number of amides is 1. The number of aromatic nitrogens is 1. The maximum atomic E-state index is 12.8. The minimum Gasteiger partial charge on any atom is -0.459 e. The van der Waals surface area contributed by atoms with Crippen LogP contribution in [0.15, 0.2) is 87.9 Å². The van der Waals surface area contributed by atoms with Crippen LogP contribution in [0.2, 0.25) is 0 Å². The number of rotatable bonds is 7. The predicted molar refractivity (Wildman–Crippen MR) is 153 cm³/mol. The van der Waals surface area contributed by atoms with Gasteiger partial charge in [-0.25, -0.2) is 0 Å². The molecule has 2 N–H and O–H groups in total. The molecule has 2 aromatic heterocycles. The van der Waals surface area contributed by atoms with Gasteiger partial charge in [0, 0.05) is 34.9 Å². The van der Waals surface area contributed by atoms with E-state index in [2.05, 4.69) is 50.6 Å². The second-order valence-electron chi connectivity index (χ2n) is 9.17. The standard InChI is InChI=1S/C29H27BrN4O2S/c1-18-6-5-7-20(16-18)32-26(35)13-15-34-28(27(33-29(34)37)23-8-3-4-14-31-23)25-12-11-24(36-25)21-10-9-19(2)17-22(21)30/h3-12,14,16-17,27-28H,13,15H2,1-2H3,(H,32,35)(H,33,37)/t27-,28-/m0/s1. The SMILES string of the molecule is Cc1cccc(NC(=O)CCN2C(=S)N[C@@H](c3ccccn3)[C@@H]2c2ccc(-c3ccc(C)cc3Br)o2)c1. The Morgan fingerprint density at radius 1 is 1.08 bits per heavy atom. The van der Waals surface area contributed by atoms with Gasteiger partial charge >= 0.3 is 0 Å². The summed E-state index contributed by atoms with van der Waals surface area (Å²) in [6.45, 7) is 4.48. The Morgan fingerprint density at radius 2 is 1.92 bits per heavy atom. The fourth-order valence-corrected chi connectivity index (χ4v) is 5.62. The third-order valence-electron chi connectivity index (χ3n) is 6.39. The van der Waals surface area contributed by atoms with Crippen molar-refractivity contribution in [2.75, 3.05) is 11.9 Å². The quantitative estimate of drug-likeness (QED) is 0.239. The fraction of sp³-hybridized carbons (Fsp3) is 0.207. The molecule has 0 bridgehead atoms. The molecule has 5 rings (SSSR count). The number of halogens is 1. The summed E-state index contributed by atoms with van der Waals surface area (Å²) < 4.78 is 7.39. The highest BCUT2D eigenvalue weighted by Crippen LogP contribution is 2.41. The van der Waals surface area contributed by atoms with Gasteiger partial charge < -0.3 is 20.0 Å². The number of thiocarbonyl (C=S) groups is 1. The van der Waals surface area contributed by atoms with Crippen molar-refractivity contribution in [2.45, 2.75) is 32.4 Å². The van der Waals surface area contributed by atoms with E-state index >= 15 is 0 Å². The van der Waals surface area contributed by atoms with Gasteiger partial charge in [0.1, 0.15) is 17.6 Å². The average molecular weight is 576 g/mol. The monoisotopic (exact) mass is 574 g/mol. The van der Waals surface area contributed by atoms with Gasteiger partial charge in [-0.15, -0.1) is 0 Å². The van der Waals surface area contributed by atoms with Crippen LogP contribution >= 0.6 is 28.1 Å².